The lowest BCUT2D eigenvalue weighted by Crippen LogP contribution is -2.57. The number of halogens is 3. The average molecular weight is 563 g/mol. The van der Waals surface area contributed by atoms with Crippen LogP contribution in [0.5, 0.6) is 11.6 Å². The van der Waals surface area contributed by atoms with E-state index < -0.39 is 23.2 Å². The van der Waals surface area contributed by atoms with Crippen LogP contribution in [-0.2, 0) is 10.4 Å². The van der Waals surface area contributed by atoms with Gasteiger partial charge in [0.05, 0.1) is 19.3 Å². The van der Waals surface area contributed by atoms with Crippen molar-refractivity contribution in [2.24, 2.45) is 5.92 Å². The fourth-order valence-electron chi connectivity index (χ4n) is 4.64. The Hall–Kier alpha value is -3.85. The topological polar surface area (TPSA) is 116 Å². The lowest BCUT2D eigenvalue weighted by atomic mass is 9.87. The van der Waals surface area contributed by atoms with E-state index in [4.69, 9.17) is 9.47 Å². The zero-order valence-corrected chi connectivity index (χ0v) is 22.7. The molecule has 1 aromatic heterocycles. The molecule has 2 aromatic rings. The van der Waals surface area contributed by atoms with Crippen LogP contribution in [0.25, 0.3) is 0 Å². The summed E-state index contributed by atoms with van der Waals surface area (Å²) < 4.78 is 52.6. The number of aromatic nitrogens is 1. The number of unbranched alkanes of at least 4 members (excludes halogenated alkanes) is 1. The monoisotopic (exact) mass is 562 g/mol. The minimum Gasteiger partial charge on any atom is -0.497 e. The van der Waals surface area contributed by atoms with Crippen molar-refractivity contribution >= 4 is 11.8 Å². The Morgan fingerprint density at radius 3 is 2.48 bits per heavy atom. The van der Waals surface area contributed by atoms with Crippen molar-refractivity contribution in [1.82, 2.24) is 14.8 Å². The fourth-order valence-corrected chi connectivity index (χ4v) is 4.64. The number of benzene rings is 1. The van der Waals surface area contributed by atoms with Gasteiger partial charge in [0.1, 0.15) is 11.8 Å². The fraction of sp³-hybridized carbons (Fsp3) is 0.500. The van der Waals surface area contributed by atoms with Crippen LogP contribution in [0.15, 0.2) is 36.4 Å². The predicted molar refractivity (Wildman–Crippen MR) is 139 cm³/mol. The standard InChI is InChI=1S/C28H33F3N4O5/c1-34(2)25(36)22-10-11-24(33-23(22)18-32)40-16-5-4-7-19-12-14-35(15-13-19)26(37)27(38,28(29,30)31)20-8-6-9-21(17-20)39-3/h6,8-11,17,19,38H,4-5,7,12-16H2,1-3H3/t27-/m0/s1. The van der Waals surface area contributed by atoms with Gasteiger partial charge in [-0.05, 0) is 49.8 Å². The van der Waals surface area contributed by atoms with Crippen LogP contribution in [0.3, 0.4) is 0 Å². The number of carbonyl (C=O) groups excluding carboxylic acids is 2. The van der Waals surface area contributed by atoms with Crippen molar-refractivity contribution in [3.8, 4) is 17.7 Å². The zero-order chi connectivity index (χ0) is 29.5. The van der Waals surface area contributed by atoms with Gasteiger partial charge in [-0.25, -0.2) is 4.98 Å². The highest BCUT2D eigenvalue weighted by atomic mass is 19.4. The molecular weight excluding hydrogens is 529 g/mol. The summed E-state index contributed by atoms with van der Waals surface area (Å²) in [5, 5.41) is 20.0. The molecule has 2 amide bonds. The van der Waals surface area contributed by atoms with Crippen molar-refractivity contribution in [2.75, 3.05) is 40.9 Å². The van der Waals surface area contributed by atoms with E-state index in [9.17, 15) is 33.1 Å². The number of carbonyl (C=O) groups is 2. The Morgan fingerprint density at radius 2 is 1.88 bits per heavy atom. The molecule has 0 spiro atoms. The maximum absolute atomic E-state index is 14.0. The molecule has 0 unspecified atom stereocenters. The number of methoxy groups -OCH3 is 1. The van der Waals surface area contributed by atoms with Crippen molar-refractivity contribution in [3.63, 3.8) is 0 Å². The summed E-state index contributed by atoms with van der Waals surface area (Å²) in [4.78, 5) is 31.7. The largest absolute Gasteiger partial charge is 0.497 e. The number of rotatable bonds is 10. The number of likely N-dealkylation sites (tertiary alicyclic amines) is 1. The number of hydrogen-bond acceptors (Lipinski definition) is 7. The highest BCUT2D eigenvalue weighted by Crippen LogP contribution is 2.42. The predicted octanol–water partition coefficient (Wildman–Crippen LogP) is 3.90. The summed E-state index contributed by atoms with van der Waals surface area (Å²) in [7, 11) is 4.46. The van der Waals surface area contributed by atoms with E-state index in [2.05, 4.69) is 4.98 Å². The molecule has 1 aliphatic rings. The highest BCUT2D eigenvalue weighted by molar-refractivity contribution is 5.95. The molecule has 0 saturated carbocycles. The molecule has 0 radical (unpaired) electrons. The summed E-state index contributed by atoms with van der Waals surface area (Å²) in [6, 6.07) is 9.78. The molecule has 1 saturated heterocycles. The first kappa shape index (κ1) is 30.7. The molecule has 216 valence electrons. The second kappa shape index (κ2) is 13.0. The molecule has 0 bridgehead atoms. The van der Waals surface area contributed by atoms with E-state index in [1.54, 1.807) is 14.1 Å². The molecule has 2 heterocycles. The van der Waals surface area contributed by atoms with Crippen LogP contribution in [0, 0.1) is 17.2 Å². The van der Waals surface area contributed by atoms with E-state index in [1.165, 1.54) is 36.3 Å². The summed E-state index contributed by atoms with van der Waals surface area (Å²) in [5.41, 5.74) is -4.06. The van der Waals surface area contributed by atoms with Crippen molar-refractivity contribution in [1.29, 1.82) is 5.26 Å². The van der Waals surface area contributed by atoms with Gasteiger partial charge in [-0.3, -0.25) is 9.59 Å². The molecule has 1 atom stereocenters. The van der Waals surface area contributed by atoms with Gasteiger partial charge >= 0.3 is 6.18 Å². The Morgan fingerprint density at radius 1 is 1.18 bits per heavy atom. The van der Waals surface area contributed by atoms with Gasteiger partial charge in [-0.1, -0.05) is 18.6 Å². The van der Waals surface area contributed by atoms with E-state index >= 15 is 0 Å². The third-order valence-corrected chi connectivity index (χ3v) is 6.98. The zero-order valence-electron chi connectivity index (χ0n) is 22.7. The summed E-state index contributed by atoms with van der Waals surface area (Å²) in [6.07, 6.45) is -1.89. The molecule has 0 aliphatic carbocycles. The molecule has 1 aliphatic heterocycles. The average Bonchev–Trinajstić information content (AvgIpc) is 2.95. The van der Waals surface area contributed by atoms with Crippen molar-refractivity contribution < 1.29 is 37.3 Å². The van der Waals surface area contributed by atoms with Gasteiger partial charge in [-0.15, -0.1) is 0 Å². The number of pyridine rings is 1. The summed E-state index contributed by atoms with van der Waals surface area (Å²) in [6.45, 7) is 0.567. The minimum atomic E-state index is -5.21. The molecule has 12 heteroatoms. The first-order valence-corrected chi connectivity index (χ1v) is 12.9. The first-order valence-electron chi connectivity index (χ1n) is 12.9. The van der Waals surface area contributed by atoms with Crippen molar-refractivity contribution in [3.05, 3.63) is 53.2 Å². The number of aliphatic hydroxyl groups is 1. The third kappa shape index (κ3) is 6.83. The van der Waals surface area contributed by atoms with Crippen LogP contribution in [0.1, 0.15) is 53.7 Å². The van der Waals surface area contributed by atoms with Crippen LogP contribution >= 0.6 is 0 Å². The molecule has 1 fully saturated rings. The number of nitriles is 1. The third-order valence-electron chi connectivity index (χ3n) is 6.98. The van der Waals surface area contributed by atoms with Crippen LogP contribution in [0.4, 0.5) is 13.2 Å². The van der Waals surface area contributed by atoms with Gasteiger partial charge in [0.15, 0.2) is 5.69 Å². The van der Waals surface area contributed by atoms with Crippen LogP contribution < -0.4 is 9.47 Å². The molecule has 40 heavy (non-hydrogen) atoms. The molecule has 9 nitrogen and oxygen atoms in total. The molecular formula is C28H33F3N4O5. The Labute approximate surface area is 231 Å². The van der Waals surface area contributed by atoms with Crippen LogP contribution in [-0.4, -0.2) is 78.8 Å². The number of alkyl halides is 3. The van der Waals surface area contributed by atoms with Gasteiger partial charge < -0.3 is 24.4 Å². The van der Waals surface area contributed by atoms with E-state index in [-0.39, 0.29) is 47.8 Å². The van der Waals surface area contributed by atoms with E-state index in [0.29, 0.717) is 25.9 Å². The van der Waals surface area contributed by atoms with Gasteiger partial charge in [0.25, 0.3) is 17.4 Å². The lowest BCUT2D eigenvalue weighted by Gasteiger charge is -2.38. The number of hydrogen-bond donors (Lipinski definition) is 1. The van der Waals surface area contributed by atoms with Gasteiger partial charge in [-0.2, -0.15) is 18.4 Å². The number of nitrogens with zero attached hydrogens (tertiary/aromatic N) is 4. The minimum absolute atomic E-state index is 0.0127. The molecule has 1 N–H and O–H groups in total. The van der Waals surface area contributed by atoms with Gasteiger partial charge in [0.2, 0.25) is 5.88 Å². The second-order valence-corrected chi connectivity index (χ2v) is 9.88. The SMILES string of the molecule is COc1cccc([C@](O)(C(=O)N2CCC(CCCCOc3ccc(C(=O)N(C)C)c(C#N)n3)CC2)C(F)(F)F)c1. The van der Waals surface area contributed by atoms with E-state index in [0.717, 1.165) is 29.9 Å². The Kier molecular flexibility index (Phi) is 9.98. The number of ether oxygens (including phenoxy) is 2. The molecule has 3 rings (SSSR count). The quantitative estimate of drug-likeness (QED) is 0.437. The maximum atomic E-state index is 14.0. The second-order valence-electron chi connectivity index (χ2n) is 9.88. The normalized spacial score (nSPS) is 15.6. The lowest BCUT2D eigenvalue weighted by molar-refractivity contribution is -0.262. The van der Waals surface area contributed by atoms with Crippen molar-refractivity contribution in [2.45, 2.75) is 43.9 Å². The number of amides is 2. The molecule has 1 aromatic carbocycles. The van der Waals surface area contributed by atoms with Gasteiger partial charge in [0, 0.05) is 38.8 Å². The van der Waals surface area contributed by atoms with E-state index in [1.807, 2.05) is 6.07 Å². The maximum Gasteiger partial charge on any atom is 0.430 e. The van der Waals surface area contributed by atoms with Crippen LogP contribution in [0.2, 0.25) is 0 Å². The number of piperidine rings is 1. The highest BCUT2D eigenvalue weighted by Gasteiger charge is 2.62. The Bertz CT molecular complexity index is 1240. The summed E-state index contributed by atoms with van der Waals surface area (Å²) >= 11 is 0. The first-order chi connectivity index (χ1) is 18.9. The summed E-state index contributed by atoms with van der Waals surface area (Å²) in [5.74, 6) is -1.14. The Balaban J connectivity index is 1.49. The smallest absolute Gasteiger partial charge is 0.430 e.